The minimum Gasteiger partial charge on any atom is -0.479 e. The van der Waals surface area contributed by atoms with Crippen LogP contribution < -0.4 is 5.32 Å². The van der Waals surface area contributed by atoms with Crippen molar-refractivity contribution in [2.24, 2.45) is 5.92 Å². The Morgan fingerprint density at radius 1 is 1.28 bits per heavy atom. The Hall–Kier alpha value is -2.81. The van der Waals surface area contributed by atoms with Gasteiger partial charge in [-0.25, -0.2) is 4.79 Å². The first kappa shape index (κ1) is 18.5. The molecule has 9 nitrogen and oxygen atoms in total. The molecule has 0 aliphatic heterocycles. The number of nitrogens with one attached hydrogen (secondary N) is 1. The average Bonchev–Trinajstić information content (AvgIpc) is 3.03. The fraction of sp³-hybridized carbons (Fsp3) is 0.438. The number of benzene rings is 1. The summed E-state index contributed by atoms with van der Waals surface area (Å²) in [6, 6.07) is 8.43. The number of aromatic nitrogens is 4. The van der Waals surface area contributed by atoms with E-state index >= 15 is 0 Å². The Morgan fingerprint density at radius 3 is 2.48 bits per heavy atom. The van der Waals surface area contributed by atoms with E-state index in [-0.39, 0.29) is 5.92 Å². The van der Waals surface area contributed by atoms with Gasteiger partial charge in [0, 0.05) is 5.56 Å². The number of nitrogens with zero attached hydrogens (tertiary/aromatic N) is 4. The summed E-state index contributed by atoms with van der Waals surface area (Å²) in [4.78, 5) is 24.6. The molecular weight excluding hydrogens is 326 g/mol. The summed E-state index contributed by atoms with van der Waals surface area (Å²) in [7, 11) is 0. The first-order valence-corrected chi connectivity index (χ1v) is 7.81. The second kappa shape index (κ2) is 7.39. The maximum absolute atomic E-state index is 12.5. The summed E-state index contributed by atoms with van der Waals surface area (Å²) in [6.45, 7) is 4.31. The number of rotatable bonds is 7. The monoisotopic (exact) mass is 347 g/mol. The van der Waals surface area contributed by atoms with Crippen molar-refractivity contribution in [1.82, 2.24) is 25.5 Å². The normalized spacial score (nSPS) is 14.8. The third-order valence-electron chi connectivity index (χ3n) is 3.68. The van der Waals surface area contributed by atoms with Gasteiger partial charge in [0.25, 0.3) is 0 Å². The van der Waals surface area contributed by atoms with Gasteiger partial charge in [0.05, 0.1) is 6.54 Å². The van der Waals surface area contributed by atoms with E-state index in [1.165, 1.54) is 4.80 Å². The fourth-order valence-electron chi connectivity index (χ4n) is 2.16. The quantitative estimate of drug-likeness (QED) is 0.664. The van der Waals surface area contributed by atoms with Gasteiger partial charge in [0.2, 0.25) is 11.7 Å². The van der Waals surface area contributed by atoms with Crippen molar-refractivity contribution in [3.63, 3.8) is 0 Å². The van der Waals surface area contributed by atoms with Crippen LogP contribution in [0.15, 0.2) is 30.3 Å². The standard InChI is InChI=1S/C16H21N5O4/c1-10(2)12(14(22)17-9-16(3,25)15(23)24)21-19-13(18-20-21)11-7-5-4-6-8-11/h4-8,10,12,25H,9H2,1-3H3,(H,17,22)(H,23,24). The highest BCUT2D eigenvalue weighted by Crippen LogP contribution is 2.19. The number of aliphatic carboxylic acids is 1. The molecule has 25 heavy (non-hydrogen) atoms. The molecule has 0 aliphatic rings. The van der Waals surface area contributed by atoms with Crippen molar-refractivity contribution in [2.75, 3.05) is 6.54 Å². The van der Waals surface area contributed by atoms with Crippen LogP contribution in [0.25, 0.3) is 11.4 Å². The van der Waals surface area contributed by atoms with Crippen LogP contribution in [0.5, 0.6) is 0 Å². The molecule has 0 spiro atoms. The zero-order valence-electron chi connectivity index (χ0n) is 14.2. The highest BCUT2D eigenvalue weighted by molar-refractivity contribution is 5.82. The molecule has 134 valence electrons. The number of hydrogen-bond donors (Lipinski definition) is 3. The van der Waals surface area contributed by atoms with Crippen molar-refractivity contribution in [3.8, 4) is 11.4 Å². The lowest BCUT2D eigenvalue weighted by Gasteiger charge is -2.22. The molecule has 0 aliphatic carbocycles. The van der Waals surface area contributed by atoms with Crippen LogP contribution in [0.3, 0.4) is 0 Å². The van der Waals surface area contributed by atoms with E-state index in [1.807, 2.05) is 44.2 Å². The van der Waals surface area contributed by atoms with Crippen LogP contribution in [-0.4, -0.2) is 54.4 Å². The van der Waals surface area contributed by atoms with Crippen molar-refractivity contribution in [1.29, 1.82) is 0 Å². The number of amides is 1. The van der Waals surface area contributed by atoms with Gasteiger partial charge in [-0.3, -0.25) is 4.79 Å². The molecule has 3 N–H and O–H groups in total. The van der Waals surface area contributed by atoms with Crippen LogP contribution in [-0.2, 0) is 9.59 Å². The molecular formula is C16H21N5O4. The Kier molecular flexibility index (Phi) is 5.48. The van der Waals surface area contributed by atoms with E-state index < -0.39 is 30.1 Å². The highest BCUT2D eigenvalue weighted by atomic mass is 16.4. The number of carboxylic acid groups (broad SMARTS) is 1. The number of carbonyl (C=O) groups is 2. The van der Waals surface area contributed by atoms with E-state index in [2.05, 4.69) is 20.7 Å². The zero-order chi connectivity index (χ0) is 18.6. The summed E-state index contributed by atoms with van der Waals surface area (Å²) < 4.78 is 0. The molecule has 0 saturated heterocycles. The predicted octanol–water partition coefficient (Wildman–Crippen LogP) is 0.489. The van der Waals surface area contributed by atoms with Gasteiger partial charge in [-0.05, 0) is 18.1 Å². The minimum atomic E-state index is -2.05. The molecule has 0 bridgehead atoms. The van der Waals surface area contributed by atoms with Gasteiger partial charge in [0.15, 0.2) is 11.6 Å². The molecule has 1 amide bonds. The molecule has 2 rings (SSSR count). The summed E-state index contributed by atoms with van der Waals surface area (Å²) in [6.07, 6.45) is 0. The van der Waals surface area contributed by atoms with E-state index in [4.69, 9.17) is 5.11 Å². The first-order valence-electron chi connectivity index (χ1n) is 7.81. The Labute approximate surface area is 144 Å². The van der Waals surface area contributed by atoms with Crippen molar-refractivity contribution < 1.29 is 19.8 Å². The van der Waals surface area contributed by atoms with Gasteiger partial charge in [-0.15, -0.1) is 10.2 Å². The molecule has 9 heteroatoms. The van der Waals surface area contributed by atoms with E-state index in [1.54, 1.807) is 0 Å². The maximum Gasteiger partial charge on any atom is 0.337 e. The van der Waals surface area contributed by atoms with Gasteiger partial charge < -0.3 is 15.5 Å². The van der Waals surface area contributed by atoms with Gasteiger partial charge >= 0.3 is 5.97 Å². The van der Waals surface area contributed by atoms with E-state index in [9.17, 15) is 14.7 Å². The highest BCUT2D eigenvalue weighted by Gasteiger charge is 2.33. The number of carbonyl (C=O) groups excluding carboxylic acids is 1. The second-order valence-electron chi connectivity index (χ2n) is 6.29. The molecule has 1 aromatic heterocycles. The van der Waals surface area contributed by atoms with Crippen LogP contribution in [0.2, 0.25) is 0 Å². The summed E-state index contributed by atoms with van der Waals surface area (Å²) >= 11 is 0. The maximum atomic E-state index is 12.5. The Bertz CT molecular complexity index is 742. The first-order chi connectivity index (χ1) is 11.7. The molecule has 0 fully saturated rings. The van der Waals surface area contributed by atoms with Crippen molar-refractivity contribution in [2.45, 2.75) is 32.4 Å². The second-order valence-corrected chi connectivity index (χ2v) is 6.29. The summed E-state index contributed by atoms with van der Waals surface area (Å²) in [5.74, 6) is -1.70. The van der Waals surface area contributed by atoms with E-state index in [0.717, 1.165) is 12.5 Å². The largest absolute Gasteiger partial charge is 0.479 e. The topological polar surface area (TPSA) is 130 Å². The van der Waals surface area contributed by atoms with Crippen molar-refractivity contribution in [3.05, 3.63) is 30.3 Å². The lowest BCUT2D eigenvalue weighted by Crippen LogP contribution is -2.48. The lowest BCUT2D eigenvalue weighted by molar-refractivity contribution is -0.156. The molecule has 1 aromatic carbocycles. The van der Waals surface area contributed by atoms with Gasteiger partial charge in [0.1, 0.15) is 0 Å². The molecule has 2 unspecified atom stereocenters. The van der Waals surface area contributed by atoms with Crippen LogP contribution in [0, 0.1) is 5.92 Å². The number of aliphatic hydroxyl groups is 1. The van der Waals surface area contributed by atoms with E-state index in [0.29, 0.717) is 5.82 Å². The zero-order valence-corrected chi connectivity index (χ0v) is 14.2. The minimum absolute atomic E-state index is 0.174. The summed E-state index contributed by atoms with van der Waals surface area (Å²) in [5.41, 5.74) is -1.28. The third kappa shape index (κ3) is 4.38. The van der Waals surface area contributed by atoms with Gasteiger partial charge in [-0.1, -0.05) is 44.2 Å². The van der Waals surface area contributed by atoms with Gasteiger partial charge in [-0.2, -0.15) is 4.80 Å². The number of tetrazole rings is 1. The molecule has 0 radical (unpaired) electrons. The third-order valence-corrected chi connectivity index (χ3v) is 3.68. The fourth-order valence-corrected chi connectivity index (χ4v) is 2.16. The lowest BCUT2D eigenvalue weighted by atomic mass is 10.0. The predicted molar refractivity (Wildman–Crippen MR) is 88.4 cm³/mol. The number of hydrogen-bond acceptors (Lipinski definition) is 6. The average molecular weight is 347 g/mol. The van der Waals surface area contributed by atoms with Crippen LogP contribution in [0.4, 0.5) is 0 Å². The van der Waals surface area contributed by atoms with Crippen LogP contribution >= 0.6 is 0 Å². The number of carboxylic acids is 1. The smallest absolute Gasteiger partial charge is 0.337 e. The SMILES string of the molecule is CC(C)C(C(=O)NCC(C)(O)C(=O)O)n1nnc(-c2ccccc2)n1. The van der Waals surface area contributed by atoms with Crippen LogP contribution in [0.1, 0.15) is 26.8 Å². The Balaban J connectivity index is 2.17. The molecule has 2 atom stereocenters. The molecule has 2 aromatic rings. The van der Waals surface area contributed by atoms with Crippen molar-refractivity contribution >= 4 is 11.9 Å². The Morgan fingerprint density at radius 2 is 1.92 bits per heavy atom. The summed E-state index contributed by atoms with van der Waals surface area (Å²) in [5, 5.41) is 33.2. The molecule has 1 heterocycles. The molecule has 0 saturated carbocycles.